The van der Waals surface area contributed by atoms with E-state index in [2.05, 4.69) is 0 Å². The summed E-state index contributed by atoms with van der Waals surface area (Å²) in [5.74, 6) is -14.6. The van der Waals surface area contributed by atoms with E-state index in [9.17, 15) is 58.5 Å². The van der Waals surface area contributed by atoms with Gasteiger partial charge in [0.25, 0.3) is 0 Å². The monoisotopic (exact) mass is 639 g/mol. The zero-order valence-corrected chi connectivity index (χ0v) is 29.0. The summed E-state index contributed by atoms with van der Waals surface area (Å²) in [4.78, 5) is 91.8. The summed E-state index contributed by atoms with van der Waals surface area (Å²) >= 11 is 0. The summed E-state index contributed by atoms with van der Waals surface area (Å²) in [5, 5.41) is 85.8. The van der Waals surface area contributed by atoms with Crippen molar-refractivity contribution in [2.45, 2.75) is 57.0 Å². The molecule has 0 saturated heterocycles. The molecule has 0 spiro atoms. The van der Waals surface area contributed by atoms with Gasteiger partial charge in [0, 0.05) is 18.1 Å². The second-order valence-electron chi connectivity index (χ2n) is 6.95. The molecule has 3 unspecified atom stereocenters. The standard InChI is InChI=1S/3C6H9NO6.3Na/c3*1-2(4(8)9)7-3(5(10)11)6(12)13;;;/h3*2-3,7H,1H3,(H,8,9)(H,10,11)(H,12,13);;;/q;;;3*+1/p-3. The third-order valence-electron chi connectivity index (χ3n) is 3.79. The number of nitrogens with one attached hydrogen (secondary N) is 3. The van der Waals surface area contributed by atoms with Crippen LogP contribution in [0, 0.1) is 0 Å². The van der Waals surface area contributed by atoms with Crippen molar-refractivity contribution in [3.05, 3.63) is 0 Å². The molecule has 0 aromatic heterocycles. The molecule has 9 N–H and O–H groups in total. The van der Waals surface area contributed by atoms with Gasteiger partial charge >= 0.3 is 124 Å². The van der Waals surface area contributed by atoms with Gasteiger partial charge in [0.1, 0.15) is 0 Å². The molecule has 0 saturated carbocycles. The number of carbonyl (C=O) groups is 9. The normalized spacial score (nSPS) is 11.6. The Morgan fingerprint density at radius 3 is 0.595 bits per heavy atom. The molecule has 0 radical (unpaired) electrons. The average molecular weight is 639 g/mol. The van der Waals surface area contributed by atoms with E-state index in [4.69, 9.17) is 30.6 Å². The van der Waals surface area contributed by atoms with Gasteiger partial charge in [0.05, 0.1) is 17.9 Å². The van der Waals surface area contributed by atoms with Gasteiger partial charge in [-0.25, -0.2) is 28.8 Å². The van der Waals surface area contributed by atoms with E-state index in [0.29, 0.717) is 0 Å². The maximum Gasteiger partial charge on any atom is 1.00 e. The Hall–Kier alpha value is -1.89. The van der Waals surface area contributed by atoms with Crippen molar-refractivity contribution in [3.63, 3.8) is 0 Å². The Balaban J connectivity index is -0.000000112. The molecule has 0 heterocycles. The van der Waals surface area contributed by atoms with E-state index < -0.39 is 90.0 Å². The Labute approximate surface area is 301 Å². The van der Waals surface area contributed by atoms with E-state index in [1.54, 1.807) is 0 Å². The first-order valence-electron chi connectivity index (χ1n) is 9.85. The number of hydrogen-bond acceptors (Lipinski definition) is 15. The summed E-state index contributed by atoms with van der Waals surface area (Å²) < 4.78 is 0. The Bertz CT molecular complexity index is 804. The molecular formula is C18H24N3Na3O18. The summed E-state index contributed by atoms with van der Waals surface area (Å²) in [5.41, 5.74) is 0. The van der Waals surface area contributed by atoms with Crippen LogP contribution in [0.25, 0.3) is 0 Å². The first-order chi connectivity index (χ1) is 17.6. The summed E-state index contributed by atoms with van der Waals surface area (Å²) in [7, 11) is 0. The van der Waals surface area contributed by atoms with Gasteiger partial charge in [-0.05, 0) is 20.8 Å². The summed E-state index contributed by atoms with van der Waals surface area (Å²) in [6, 6.07) is -9.82. The molecule has 0 aliphatic carbocycles. The fourth-order valence-corrected chi connectivity index (χ4v) is 1.70. The topological polar surface area (TPSA) is 380 Å². The fraction of sp³-hybridized carbons (Fsp3) is 0.500. The number of aliphatic carboxylic acids is 9. The maximum atomic E-state index is 10.2. The summed E-state index contributed by atoms with van der Waals surface area (Å²) in [6.45, 7) is 3.27. The van der Waals surface area contributed by atoms with Crippen molar-refractivity contribution in [2.75, 3.05) is 0 Å². The van der Waals surface area contributed by atoms with Crippen LogP contribution >= 0.6 is 0 Å². The number of carbonyl (C=O) groups excluding carboxylic acids is 3. The predicted molar refractivity (Wildman–Crippen MR) is 110 cm³/mol. The van der Waals surface area contributed by atoms with Gasteiger partial charge in [-0.2, -0.15) is 0 Å². The second-order valence-corrected chi connectivity index (χ2v) is 6.95. The van der Waals surface area contributed by atoms with Crippen molar-refractivity contribution in [1.29, 1.82) is 0 Å². The van der Waals surface area contributed by atoms with E-state index in [0.717, 1.165) is 20.8 Å². The molecule has 21 nitrogen and oxygen atoms in total. The minimum atomic E-state index is -1.94. The van der Waals surface area contributed by atoms with Crippen molar-refractivity contribution < 1.29 is 178 Å². The second kappa shape index (κ2) is 26.7. The fourth-order valence-electron chi connectivity index (χ4n) is 1.70. The van der Waals surface area contributed by atoms with Crippen LogP contribution in [0.1, 0.15) is 20.8 Å². The third kappa shape index (κ3) is 24.7. The van der Waals surface area contributed by atoms with Crippen LogP contribution in [-0.2, 0) is 43.2 Å². The van der Waals surface area contributed by atoms with Crippen molar-refractivity contribution in [1.82, 2.24) is 16.0 Å². The Kier molecular flexibility index (Phi) is 33.5. The number of carboxylic acids is 9. The van der Waals surface area contributed by atoms with Gasteiger partial charge in [0.2, 0.25) is 18.1 Å². The molecule has 0 fully saturated rings. The van der Waals surface area contributed by atoms with Crippen molar-refractivity contribution in [2.24, 2.45) is 0 Å². The van der Waals surface area contributed by atoms with Crippen LogP contribution in [0.5, 0.6) is 0 Å². The molecule has 0 aliphatic heterocycles. The smallest absolute Gasteiger partial charge is 0.548 e. The molecule has 3 atom stereocenters. The molecule has 222 valence electrons. The van der Waals surface area contributed by atoms with Crippen LogP contribution in [0.15, 0.2) is 0 Å². The molecule has 0 aliphatic rings. The molecule has 24 heteroatoms. The molecule has 0 amide bonds. The van der Waals surface area contributed by atoms with Gasteiger partial charge < -0.3 is 60.3 Å². The molecule has 0 aromatic rings. The van der Waals surface area contributed by atoms with Gasteiger partial charge in [0.15, 0.2) is 0 Å². The Morgan fingerprint density at radius 2 is 0.524 bits per heavy atom. The zero-order valence-electron chi connectivity index (χ0n) is 23.0. The maximum absolute atomic E-state index is 10.2. The average Bonchev–Trinajstić information content (AvgIpc) is 2.77. The number of rotatable bonds is 15. The van der Waals surface area contributed by atoms with Crippen LogP contribution < -0.4 is 120 Å². The number of hydrogen-bond donors (Lipinski definition) is 9. The van der Waals surface area contributed by atoms with Gasteiger partial charge in [-0.3, -0.25) is 16.0 Å². The number of carboxylic acid groups (broad SMARTS) is 9. The quantitative estimate of drug-likeness (QED) is 0.0593. The molecule has 0 aromatic carbocycles. The third-order valence-corrected chi connectivity index (χ3v) is 3.79. The molecule has 0 bridgehead atoms. The van der Waals surface area contributed by atoms with E-state index in [1.807, 2.05) is 16.0 Å². The van der Waals surface area contributed by atoms with Crippen LogP contribution in [0.4, 0.5) is 0 Å². The minimum Gasteiger partial charge on any atom is -0.548 e. The van der Waals surface area contributed by atoms with E-state index in [1.165, 1.54) is 0 Å². The zero-order chi connectivity index (χ0) is 31.8. The summed E-state index contributed by atoms with van der Waals surface area (Å²) in [6.07, 6.45) is 0. The van der Waals surface area contributed by atoms with Gasteiger partial charge in [-0.1, -0.05) is 0 Å². The molecule has 0 rings (SSSR count). The molecular weight excluding hydrogens is 615 g/mol. The molecule has 42 heavy (non-hydrogen) atoms. The predicted octanol–water partition coefficient (Wildman–Crippen LogP) is -17.2. The largest absolute Gasteiger partial charge is 1.00 e. The van der Waals surface area contributed by atoms with Gasteiger partial charge in [-0.15, -0.1) is 0 Å². The van der Waals surface area contributed by atoms with Crippen molar-refractivity contribution >= 4 is 53.7 Å². The minimum absolute atomic E-state index is 0. The van der Waals surface area contributed by atoms with E-state index in [-0.39, 0.29) is 88.7 Å². The van der Waals surface area contributed by atoms with Crippen LogP contribution in [0.3, 0.4) is 0 Å². The first kappa shape index (κ1) is 52.7. The van der Waals surface area contributed by atoms with E-state index >= 15 is 0 Å². The Morgan fingerprint density at radius 1 is 0.405 bits per heavy atom. The van der Waals surface area contributed by atoms with Crippen LogP contribution in [0.2, 0.25) is 0 Å². The first-order valence-corrected chi connectivity index (χ1v) is 9.85. The SMILES string of the molecule is CC(NC(C(=O)O)C(=O)O)C(=O)[O-].CC(NC(C(=O)O)C(=O)O)C(=O)[O-].CC(NC(C(=O)O)C(=O)O)C(=O)[O-].[Na+].[Na+].[Na+]. The van der Waals surface area contributed by atoms with Crippen LogP contribution in [-0.4, -0.2) is 121 Å². The van der Waals surface area contributed by atoms with Crippen molar-refractivity contribution in [3.8, 4) is 0 Å².